The first-order chi connectivity index (χ1) is 16.9. The number of hydrogen-bond donors (Lipinski definition) is 1. The largest absolute Gasteiger partial charge is 0.492 e. The number of aromatic nitrogens is 4. The molecule has 8 nitrogen and oxygen atoms in total. The van der Waals surface area contributed by atoms with Crippen LogP contribution in [0.3, 0.4) is 0 Å². The first-order valence-corrected chi connectivity index (χ1v) is 11.1. The zero-order valence-corrected chi connectivity index (χ0v) is 19.2. The van der Waals surface area contributed by atoms with Gasteiger partial charge in [0.1, 0.15) is 11.6 Å². The van der Waals surface area contributed by atoms with Gasteiger partial charge in [-0.15, -0.1) is 5.10 Å². The highest BCUT2D eigenvalue weighted by Crippen LogP contribution is 2.24. The third kappa shape index (κ3) is 4.23. The Morgan fingerprint density at radius 3 is 2.69 bits per heavy atom. The van der Waals surface area contributed by atoms with Crippen molar-refractivity contribution in [1.29, 1.82) is 0 Å². The molecule has 0 unspecified atom stereocenters. The monoisotopic (exact) mass is 471 g/mol. The third-order valence-electron chi connectivity index (χ3n) is 5.56. The van der Waals surface area contributed by atoms with Gasteiger partial charge in [0.05, 0.1) is 29.9 Å². The molecule has 0 fully saturated rings. The maximum absolute atomic E-state index is 13.8. The predicted molar refractivity (Wildman–Crippen MR) is 131 cm³/mol. The molecule has 0 radical (unpaired) electrons. The van der Waals surface area contributed by atoms with Gasteiger partial charge in [0.25, 0.3) is 11.5 Å². The fourth-order valence-corrected chi connectivity index (χ4v) is 3.98. The summed E-state index contributed by atoms with van der Waals surface area (Å²) in [6.07, 6.45) is 0. The van der Waals surface area contributed by atoms with Crippen LogP contribution in [0.5, 0.6) is 5.75 Å². The number of anilines is 1. The number of hydrogen-bond acceptors (Lipinski definition) is 5. The minimum absolute atomic E-state index is 0.000925. The van der Waals surface area contributed by atoms with Crippen LogP contribution in [0.1, 0.15) is 28.7 Å². The number of carbonyl (C=O) groups is 1. The zero-order valence-electron chi connectivity index (χ0n) is 19.2. The topological polar surface area (TPSA) is 90.5 Å². The number of nitrogens with one attached hydrogen (secondary N) is 1. The molecule has 0 spiro atoms. The van der Waals surface area contributed by atoms with Gasteiger partial charge in [0, 0.05) is 0 Å². The summed E-state index contributed by atoms with van der Waals surface area (Å²) in [4.78, 5) is 30.7. The molecule has 1 amide bonds. The summed E-state index contributed by atoms with van der Waals surface area (Å²) in [6.45, 7) is 4.35. The standard InChI is InChI=1S/C26H22FN5O3/c1-3-35-22-10-5-4-9-19(22)28-25(33)23-29-24-26(34)31(15-17-7-6-8-18(27)14-17)21-13-16(2)11-12-20(21)32(24)30-23/h4-14H,3,15H2,1-2H3,(H,28,33). The van der Waals surface area contributed by atoms with Crippen LogP contribution in [0.2, 0.25) is 0 Å². The molecule has 2 heterocycles. The zero-order chi connectivity index (χ0) is 24.5. The normalized spacial score (nSPS) is 11.2. The van der Waals surface area contributed by atoms with Gasteiger partial charge in [0.15, 0.2) is 0 Å². The molecule has 0 bridgehead atoms. The van der Waals surface area contributed by atoms with Crippen molar-refractivity contribution in [2.45, 2.75) is 20.4 Å². The highest BCUT2D eigenvalue weighted by atomic mass is 19.1. The average molecular weight is 471 g/mol. The highest BCUT2D eigenvalue weighted by molar-refractivity contribution is 6.02. The Labute approximate surface area is 199 Å². The van der Waals surface area contributed by atoms with Gasteiger partial charge in [-0.25, -0.2) is 8.91 Å². The lowest BCUT2D eigenvalue weighted by molar-refractivity contribution is 0.101. The van der Waals surface area contributed by atoms with Crippen molar-refractivity contribution >= 4 is 28.3 Å². The van der Waals surface area contributed by atoms with E-state index >= 15 is 0 Å². The second-order valence-corrected chi connectivity index (χ2v) is 8.07. The molecule has 1 N–H and O–H groups in total. The Kier molecular flexibility index (Phi) is 5.74. The Hall–Kier alpha value is -4.53. The van der Waals surface area contributed by atoms with Crippen molar-refractivity contribution in [2.24, 2.45) is 0 Å². The Morgan fingerprint density at radius 2 is 1.89 bits per heavy atom. The lowest BCUT2D eigenvalue weighted by Crippen LogP contribution is -2.24. The average Bonchev–Trinajstić information content (AvgIpc) is 3.29. The van der Waals surface area contributed by atoms with Crippen molar-refractivity contribution < 1.29 is 13.9 Å². The molecular weight excluding hydrogens is 449 g/mol. The van der Waals surface area contributed by atoms with Gasteiger partial charge in [-0.2, -0.15) is 4.98 Å². The summed E-state index contributed by atoms with van der Waals surface area (Å²) in [5, 5.41) is 7.10. The number of amides is 1. The lowest BCUT2D eigenvalue weighted by atomic mass is 10.2. The van der Waals surface area contributed by atoms with Crippen LogP contribution in [0.15, 0.2) is 71.5 Å². The van der Waals surface area contributed by atoms with Crippen molar-refractivity contribution in [3.05, 3.63) is 99.9 Å². The van der Waals surface area contributed by atoms with E-state index in [0.29, 0.717) is 34.6 Å². The predicted octanol–water partition coefficient (Wildman–Crippen LogP) is 4.19. The van der Waals surface area contributed by atoms with E-state index in [1.165, 1.54) is 21.2 Å². The van der Waals surface area contributed by atoms with Crippen LogP contribution in [-0.2, 0) is 6.54 Å². The van der Waals surface area contributed by atoms with Crippen molar-refractivity contribution in [3.8, 4) is 5.75 Å². The van der Waals surface area contributed by atoms with E-state index in [1.54, 1.807) is 36.4 Å². The molecule has 0 saturated heterocycles. The minimum atomic E-state index is -0.572. The first kappa shape index (κ1) is 22.3. The van der Waals surface area contributed by atoms with Crippen molar-refractivity contribution in [2.75, 3.05) is 11.9 Å². The molecule has 0 aliphatic heterocycles. The Bertz CT molecular complexity index is 1640. The number of nitrogens with zero attached hydrogens (tertiary/aromatic N) is 4. The number of para-hydroxylation sites is 2. The molecule has 0 aliphatic rings. The fourth-order valence-electron chi connectivity index (χ4n) is 3.98. The Morgan fingerprint density at radius 1 is 1.06 bits per heavy atom. The van der Waals surface area contributed by atoms with Crippen LogP contribution in [0.4, 0.5) is 10.1 Å². The van der Waals surface area contributed by atoms with E-state index in [-0.39, 0.29) is 23.8 Å². The van der Waals surface area contributed by atoms with E-state index in [2.05, 4.69) is 15.4 Å². The number of ether oxygens (including phenoxy) is 1. The lowest BCUT2D eigenvalue weighted by Gasteiger charge is -2.12. The van der Waals surface area contributed by atoms with Gasteiger partial charge in [-0.1, -0.05) is 30.3 Å². The second kappa shape index (κ2) is 9.02. The second-order valence-electron chi connectivity index (χ2n) is 8.07. The Balaban J connectivity index is 1.62. The molecule has 5 rings (SSSR count). The molecule has 176 valence electrons. The quantitative estimate of drug-likeness (QED) is 0.401. The maximum Gasteiger partial charge on any atom is 0.296 e. The van der Waals surface area contributed by atoms with E-state index < -0.39 is 11.5 Å². The van der Waals surface area contributed by atoms with Gasteiger partial charge >= 0.3 is 0 Å². The summed E-state index contributed by atoms with van der Waals surface area (Å²) >= 11 is 0. The van der Waals surface area contributed by atoms with Crippen LogP contribution < -0.4 is 15.6 Å². The van der Waals surface area contributed by atoms with E-state index in [1.807, 2.05) is 32.0 Å². The molecule has 0 aliphatic carbocycles. The number of carbonyl (C=O) groups excluding carboxylic acids is 1. The van der Waals surface area contributed by atoms with Crippen LogP contribution >= 0.6 is 0 Å². The number of fused-ring (bicyclic) bond motifs is 3. The van der Waals surface area contributed by atoms with Crippen molar-refractivity contribution in [3.63, 3.8) is 0 Å². The molecule has 0 saturated carbocycles. The molecule has 9 heteroatoms. The van der Waals surface area contributed by atoms with Gasteiger partial charge in [-0.3, -0.25) is 14.2 Å². The van der Waals surface area contributed by atoms with Crippen LogP contribution in [0, 0.1) is 12.7 Å². The summed E-state index contributed by atoms with van der Waals surface area (Å²) in [5.41, 5.74) is 2.81. The summed E-state index contributed by atoms with van der Waals surface area (Å²) < 4.78 is 22.2. The molecule has 5 aromatic rings. The smallest absolute Gasteiger partial charge is 0.296 e. The van der Waals surface area contributed by atoms with Gasteiger partial charge in [-0.05, 0) is 61.4 Å². The van der Waals surface area contributed by atoms with Crippen LogP contribution in [0.25, 0.3) is 16.7 Å². The fraction of sp³-hybridized carbons (Fsp3) is 0.154. The summed E-state index contributed by atoms with van der Waals surface area (Å²) in [5.74, 6) is -0.590. The summed E-state index contributed by atoms with van der Waals surface area (Å²) in [6, 6.07) is 18.7. The van der Waals surface area contributed by atoms with Crippen molar-refractivity contribution in [1.82, 2.24) is 19.2 Å². The molecule has 2 aromatic heterocycles. The van der Waals surface area contributed by atoms with E-state index in [4.69, 9.17) is 4.74 Å². The van der Waals surface area contributed by atoms with E-state index in [0.717, 1.165) is 5.56 Å². The number of halogens is 1. The van der Waals surface area contributed by atoms with E-state index in [9.17, 15) is 14.0 Å². The maximum atomic E-state index is 13.8. The minimum Gasteiger partial charge on any atom is -0.492 e. The summed E-state index contributed by atoms with van der Waals surface area (Å²) in [7, 11) is 0. The number of benzene rings is 3. The third-order valence-corrected chi connectivity index (χ3v) is 5.56. The molecule has 3 aromatic carbocycles. The van der Waals surface area contributed by atoms with Gasteiger partial charge < -0.3 is 10.1 Å². The van der Waals surface area contributed by atoms with Crippen LogP contribution in [-0.4, -0.2) is 31.7 Å². The highest BCUT2D eigenvalue weighted by Gasteiger charge is 2.20. The van der Waals surface area contributed by atoms with Gasteiger partial charge in [0.2, 0.25) is 11.5 Å². The number of aryl methyl sites for hydroxylation is 1. The molecular formula is C26H22FN5O3. The number of rotatable bonds is 6. The SMILES string of the molecule is CCOc1ccccc1NC(=O)c1nc2c(=O)n(Cc3cccc(F)c3)c3cc(C)ccc3n2n1. The molecule has 35 heavy (non-hydrogen) atoms. The molecule has 0 atom stereocenters. The first-order valence-electron chi connectivity index (χ1n) is 11.1.